The number of para-hydroxylation sites is 1. The van der Waals surface area contributed by atoms with Crippen LogP contribution in [0.1, 0.15) is 25.3 Å². The lowest BCUT2D eigenvalue weighted by Gasteiger charge is -2.24. The SMILES string of the molecule is COc1ccc(-c2cc(-c3c(O)c4ccccc4n(C)c3=O)nc(N3C(=O)CCC3C)c2C#N)cc1OC. The average molecular weight is 511 g/mol. The molecule has 4 aromatic rings. The first kappa shape index (κ1) is 24.8. The number of anilines is 1. The number of carbonyl (C=O) groups excluding carboxylic acids is 1. The molecule has 1 fully saturated rings. The van der Waals surface area contributed by atoms with Crippen molar-refractivity contribution < 1.29 is 19.4 Å². The highest BCUT2D eigenvalue weighted by atomic mass is 16.5. The van der Waals surface area contributed by atoms with E-state index in [1.807, 2.05) is 6.92 Å². The minimum absolute atomic E-state index is 0.0158. The molecule has 192 valence electrons. The Bertz CT molecular complexity index is 1700. The molecule has 0 radical (unpaired) electrons. The Kier molecular flexibility index (Phi) is 6.25. The van der Waals surface area contributed by atoms with Crippen molar-refractivity contribution in [1.29, 1.82) is 5.26 Å². The average Bonchev–Trinajstić information content (AvgIpc) is 3.28. The van der Waals surface area contributed by atoms with Crippen LogP contribution in [0.2, 0.25) is 0 Å². The number of rotatable bonds is 5. The number of nitriles is 1. The van der Waals surface area contributed by atoms with Crippen LogP contribution in [0.15, 0.2) is 53.3 Å². The lowest BCUT2D eigenvalue weighted by molar-refractivity contribution is -0.117. The Morgan fingerprint density at radius 1 is 1.08 bits per heavy atom. The Morgan fingerprint density at radius 3 is 2.47 bits per heavy atom. The molecule has 3 heterocycles. The van der Waals surface area contributed by atoms with Crippen LogP contribution in [0.5, 0.6) is 17.2 Å². The van der Waals surface area contributed by atoms with Gasteiger partial charge >= 0.3 is 0 Å². The highest BCUT2D eigenvalue weighted by Gasteiger charge is 2.34. The number of aromatic nitrogens is 2. The standard InChI is InChI=1S/C29H26N4O5/c1-16-9-12-25(34)33(16)28-20(15-30)19(17-10-11-23(37-3)24(13-17)38-4)14-21(31-28)26-27(35)18-7-5-6-8-22(18)32(2)29(26)36/h5-8,10-11,13-14,16,35H,9,12H2,1-4H3. The van der Waals surface area contributed by atoms with Crippen LogP contribution in [-0.4, -0.2) is 40.8 Å². The molecule has 1 saturated heterocycles. The Labute approximate surface area is 219 Å². The van der Waals surface area contributed by atoms with Crippen LogP contribution in [0.4, 0.5) is 5.82 Å². The molecule has 1 aliphatic heterocycles. The molecule has 2 aromatic heterocycles. The zero-order valence-electron chi connectivity index (χ0n) is 21.5. The lowest BCUT2D eigenvalue weighted by Crippen LogP contribution is -2.32. The summed E-state index contributed by atoms with van der Waals surface area (Å²) >= 11 is 0. The van der Waals surface area contributed by atoms with E-state index >= 15 is 0 Å². The van der Waals surface area contributed by atoms with Gasteiger partial charge in [-0.2, -0.15) is 5.26 Å². The number of ether oxygens (including phenoxy) is 2. The zero-order valence-corrected chi connectivity index (χ0v) is 21.5. The number of fused-ring (bicyclic) bond motifs is 1. The third-order valence-electron chi connectivity index (χ3n) is 7.05. The van der Waals surface area contributed by atoms with Crippen molar-refractivity contribution in [3.8, 4) is 45.7 Å². The van der Waals surface area contributed by atoms with Crippen molar-refractivity contribution in [2.24, 2.45) is 7.05 Å². The summed E-state index contributed by atoms with van der Waals surface area (Å²) in [5.74, 6) is 0.732. The van der Waals surface area contributed by atoms with Gasteiger partial charge in [0.2, 0.25) is 5.91 Å². The molecule has 9 heteroatoms. The quantitative estimate of drug-likeness (QED) is 0.423. The van der Waals surface area contributed by atoms with Gasteiger partial charge in [0, 0.05) is 30.5 Å². The smallest absolute Gasteiger partial charge is 0.264 e. The van der Waals surface area contributed by atoms with Crippen LogP contribution < -0.4 is 19.9 Å². The second-order valence-electron chi connectivity index (χ2n) is 9.19. The minimum atomic E-state index is -0.455. The van der Waals surface area contributed by atoms with E-state index in [0.717, 1.165) is 0 Å². The molecule has 5 rings (SSSR count). The number of amides is 1. The third-order valence-corrected chi connectivity index (χ3v) is 7.05. The molecule has 1 unspecified atom stereocenters. The Balaban J connectivity index is 1.88. The van der Waals surface area contributed by atoms with E-state index in [-0.39, 0.29) is 40.3 Å². The number of aromatic hydroxyl groups is 1. The highest BCUT2D eigenvalue weighted by molar-refractivity contribution is 5.99. The number of pyridine rings is 2. The maximum absolute atomic E-state index is 13.5. The van der Waals surface area contributed by atoms with Crippen molar-refractivity contribution >= 4 is 22.6 Å². The largest absolute Gasteiger partial charge is 0.506 e. The number of nitrogens with zero attached hydrogens (tertiary/aromatic N) is 4. The van der Waals surface area contributed by atoms with Crippen molar-refractivity contribution in [1.82, 2.24) is 9.55 Å². The van der Waals surface area contributed by atoms with E-state index < -0.39 is 5.56 Å². The fourth-order valence-electron chi connectivity index (χ4n) is 5.04. The molecule has 0 bridgehead atoms. The Morgan fingerprint density at radius 2 is 1.82 bits per heavy atom. The molecule has 1 N–H and O–H groups in total. The summed E-state index contributed by atoms with van der Waals surface area (Å²) < 4.78 is 12.3. The van der Waals surface area contributed by atoms with Crippen LogP contribution >= 0.6 is 0 Å². The van der Waals surface area contributed by atoms with Gasteiger partial charge in [0.1, 0.15) is 22.9 Å². The second kappa shape index (κ2) is 9.56. The van der Waals surface area contributed by atoms with E-state index in [1.165, 1.54) is 23.7 Å². The van der Waals surface area contributed by atoms with Gasteiger partial charge in [-0.05, 0) is 49.2 Å². The predicted molar refractivity (Wildman–Crippen MR) is 144 cm³/mol. The van der Waals surface area contributed by atoms with Crippen LogP contribution in [0.25, 0.3) is 33.3 Å². The van der Waals surface area contributed by atoms with E-state index in [9.17, 15) is 20.0 Å². The summed E-state index contributed by atoms with van der Waals surface area (Å²) in [4.78, 5) is 32.6. The van der Waals surface area contributed by atoms with Gasteiger partial charge in [-0.1, -0.05) is 18.2 Å². The molecule has 1 atom stereocenters. The van der Waals surface area contributed by atoms with E-state index in [0.29, 0.717) is 46.4 Å². The van der Waals surface area contributed by atoms with Gasteiger partial charge in [-0.15, -0.1) is 0 Å². The van der Waals surface area contributed by atoms with Crippen molar-refractivity contribution in [3.63, 3.8) is 0 Å². The first-order valence-corrected chi connectivity index (χ1v) is 12.1. The highest BCUT2D eigenvalue weighted by Crippen LogP contribution is 2.41. The lowest BCUT2D eigenvalue weighted by atomic mass is 9.97. The summed E-state index contributed by atoms with van der Waals surface area (Å²) in [6.45, 7) is 1.89. The topological polar surface area (TPSA) is 118 Å². The van der Waals surface area contributed by atoms with Gasteiger partial charge in [0.05, 0.1) is 25.4 Å². The van der Waals surface area contributed by atoms with Gasteiger partial charge in [-0.3, -0.25) is 14.5 Å². The Hall–Kier alpha value is -4.84. The van der Waals surface area contributed by atoms with Crippen LogP contribution in [-0.2, 0) is 11.8 Å². The van der Waals surface area contributed by atoms with Gasteiger partial charge in [0.15, 0.2) is 17.3 Å². The fraction of sp³-hybridized carbons (Fsp3) is 0.241. The molecule has 0 spiro atoms. The number of aryl methyl sites for hydroxylation is 1. The summed E-state index contributed by atoms with van der Waals surface area (Å²) in [6.07, 6.45) is 0.941. The van der Waals surface area contributed by atoms with E-state index in [4.69, 9.17) is 9.47 Å². The first-order chi connectivity index (χ1) is 18.3. The monoisotopic (exact) mass is 510 g/mol. The molecular formula is C29H26N4O5. The van der Waals surface area contributed by atoms with E-state index in [1.54, 1.807) is 55.6 Å². The van der Waals surface area contributed by atoms with Gasteiger partial charge in [0.25, 0.3) is 5.56 Å². The summed E-state index contributed by atoms with van der Waals surface area (Å²) in [6, 6.07) is 15.8. The molecule has 0 aliphatic carbocycles. The fourth-order valence-corrected chi connectivity index (χ4v) is 5.04. The first-order valence-electron chi connectivity index (χ1n) is 12.1. The van der Waals surface area contributed by atoms with Crippen LogP contribution in [0, 0.1) is 11.3 Å². The normalized spacial score (nSPS) is 15.1. The van der Waals surface area contributed by atoms with Crippen molar-refractivity contribution in [2.75, 3.05) is 19.1 Å². The van der Waals surface area contributed by atoms with Crippen molar-refractivity contribution in [2.45, 2.75) is 25.8 Å². The third kappa shape index (κ3) is 3.82. The number of hydrogen-bond acceptors (Lipinski definition) is 7. The molecular weight excluding hydrogens is 484 g/mol. The second-order valence-corrected chi connectivity index (χ2v) is 9.19. The number of benzene rings is 2. The maximum atomic E-state index is 13.5. The molecule has 38 heavy (non-hydrogen) atoms. The minimum Gasteiger partial charge on any atom is -0.506 e. The van der Waals surface area contributed by atoms with Gasteiger partial charge in [-0.25, -0.2) is 4.98 Å². The molecule has 1 aliphatic rings. The van der Waals surface area contributed by atoms with Crippen molar-refractivity contribution in [3.05, 3.63) is 64.4 Å². The summed E-state index contributed by atoms with van der Waals surface area (Å²) in [5.41, 5.74) is 1.47. The molecule has 2 aromatic carbocycles. The summed E-state index contributed by atoms with van der Waals surface area (Å²) in [5, 5.41) is 22.0. The zero-order chi connectivity index (χ0) is 27.1. The molecule has 0 saturated carbocycles. The van der Waals surface area contributed by atoms with E-state index in [2.05, 4.69) is 11.1 Å². The number of carbonyl (C=O) groups is 1. The number of hydrogen-bond donors (Lipinski definition) is 1. The van der Waals surface area contributed by atoms with Crippen LogP contribution in [0.3, 0.4) is 0 Å². The predicted octanol–water partition coefficient (Wildman–Crippen LogP) is 4.38. The number of methoxy groups -OCH3 is 2. The summed E-state index contributed by atoms with van der Waals surface area (Å²) in [7, 11) is 4.66. The molecule has 9 nitrogen and oxygen atoms in total. The maximum Gasteiger partial charge on any atom is 0.264 e. The van der Waals surface area contributed by atoms with Gasteiger partial charge < -0.3 is 19.1 Å². The molecule has 1 amide bonds.